The second-order valence-electron chi connectivity index (χ2n) is 4.03. The molecule has 1 rings (SSSR count). The predicted molar refractivity (Wildman–Crippen MR) is 58.4 cm³/mol. The van der Waals surface area contributed by atoms with E-state index >= 15 is 0 Å². The highest BCUT2D eigenvalue weighted by molar-refractivity contribution is 5.38. The van der Waals surface area contributed by atoms with Gasteiger partial charge in [0, 0.05) is 0 Å². The van der Waals surface area contributed by atoms with E-state index in [1.54, 1.807) is 13.8 Å². The van der Waals surface area contributed by atoms with Gasteiger partial charge in [-0.15, -0.1) is 0 Å². The number of allylic oxidation sites excluding steroid dienone is 2. The summed E-state index contributed by atoms with van der Waals surface area (Å²) in [4.78, 5) is 0. The summed E-state index contributed by atoms with van der Waals surface area (Å²) in [5.74, 6) is 11.1. The van der Waals surface area contributed by atoms with Gasteiger partial charge in [-0.25, -0.2) is 0 Å². The molecular weight excluding hydrogens is 172 g/mol. The van der Waals surface area contributed by atoms with Crippen LogP contribution >= 0.6 is 0 Å². The molecule has 0 aromatic heterocycles. The van der Waals surface area contributed by atoms with Crippen molar-refractivity contribution >= 4 is 0 Å². The van der Waals surface area contributed by atoms with Crippen molar-refractivity contribution in [3.05, 3.63) is 11.6 Å². The molecule has 0 radical (unpaired) electrons. The summed E-state index contributed by atoms with van der Waals surface area (Å²) in [6.45, 7) is 3.31. The molecule has 0 unspecified atom stereocenters. The molecule has 0 spiro atoms. The van der Waals surface area contributed by atoms with Gasteiger partial charge in [-0.1, -0.05) is 17.9 Å². The van der Waals surface area contributed by atoms with Crippen LogP contribution in [0.15, 0.2) is 11.6 Å². The number of hydrogen-bond donors (Lipinski definition) is 1. The van der Waals surface area contributed by atoms with Gasteiger partial charge >= 0.3 is 0 Å². The van der Waals surface area contributed by atoms with E-state index in [9.17, 15) is 5.11 Å². The third-order valence-electron chi connectivity index (χ3n) is 1.94. The van der Waals surface area contributed by atoms with Crippen molar-refractivity contribution in [2.75, 3.05) is 0 Å². The minimum absolute atomic E-state index is 0.935. The smallest absolute Gasteiger partial charge is 0.120 e. The fraction of sp³-hybridized carbons (Fsp3) is 0.538. The lowest BCUT2D eigenvalue weighted by atomic mass is 10.0. The van der Waals surface area contributed by atoms with Crippen molar-refractivity contribution in [2.24, 2.45) is 0 Å². The SMILES string of the molecule is CC(C)(O)C#CC#CC1=CCCCC1. The van der Waals surface area contributed by atoms with Crippen molar-refractivity contribution in [1.29, 1.82) is 0 Å². The zero-order valence-electron chi connectivity index (χ0n) is 8.85. The van der Waals surface area contributed by atoms with Gasteiger partial charge in [0.05, 0.1) is 0 Å². The van der Waals surface area contributed by atoms with Gasteiger partial charge in [0.1, 0.15) is 5.60 Å². The Kier molecular flexibility index (Phi) is 3.81. The lowest BCUT2D eigenvalue weighted by Crippen LogP contribution is -2.14. The van der Waals surface area contributed by atoms with Gasteiger partial charge in [0.25, 0.3) is 0 Å². The minimum atomic E-state index is -0.935. The number of rotatable bonds is 0. The van der Waals surface area contributed by atoms with Crippen LogP contribution in [0.4, 0.5) is 0 Å². The van der Waals surface area contributed by atoms with E-state index < -0.39 is 5.60 Å². The molecule has 0 bridgehead atoms. The fourth-order valence-electron chi connectivity index (χ4n) is 1.25. The van der Waals surface area contributed by atoms with E-state index in [0.717, 1.165) is 12.8 Å². The molecule has 0 amide bonds. The summed E-state index contributed by atoms with van der Waals surface area (Å²) in [6.07, 6.45) is 6.92. The van der Waals surface area contributed by atoms with E-state index in [0.29, 0.717) is 0 Å². The summed E-state index contributed by atoms with van der Waals surface area (Å²) in [5.41, 5.74) is 0.261. The van der Waals surface area contributed by atoms with E-state index in [1.807, 2.05) is 0 Å². The third kappa shape index (κ3) is 4.75. The van der Waals surface area contributed by atoms with Crippen molar-refractivity contribution in [3.63, 3.8) is 0 Å². The second-order valence-corrected chi connectivity index (χ2v) is 4.03. The molecule has 0 aromatic rings. The Hall–Kier alpha value is -1.18. The molecule has 0 aromatic carbocycles. The molecular formula is C13H16O. The van der Waals surface area contributed by atoms with Gasteiger partial charge in [-0.2, -0.15) is 0 Å². The van der Waals surface area contributed by atoms with E-state index in [2.05, 4.69) is 29.8 Å². The molecule has 1 aliphatic rings. The Bertz CT molecular complexity index is 333. The summed E-state index contributed by atoms with van der Waals surface area (Å²) < 4.78 is 0. The molecule has 14 heavy (non-hydrogen) atoms. The summed E-state index contributed by atoms with van der Waals surface area (Å²) in [5, 5.41) is 9.30. The first-order valence-corrected chi connectivity index (χ1v) is 5.02. The lowest BCUT2D eigenvalue weighted by molar-refractivity contribution is 0.143. The van der Waals surface area contributed by atoms with Crippen LogP contribution in [-0.4, -0.2) is 10.7 Å². The molecule has 1 heteroatoms. The average molecular weight is 188 g/mol. The number of hydrogen-bond acceptors (Lipinski definition) is 1. The van der Waals surface area contributed by atoms with E-state index in [-0.39, 0.29) is 0 Å². The van der Waals surface area contributed by atoms with Gasteiger partial charge in [-0.05, 0) is 56.9 Å². The maximum atomic E-state index is 9.30. The summed E-state index contributed by atoms with van der Waals surface area (Å²) in [7, 11) is 0. The highest BCUT2D eigenvalue weighted by Gasteiger charge is 2.04. The minimum Gasteiger partial charge on any atom is -0.378 e. The molecule has 0 fully saturated rings. The van der Waals surface area contributed by atoms with Crippen LogP contribution in [-0.2, 0) is 0 Å². The largest absolute Gasteiger partial charge is 0.378 e. The molecule has 0 saturated heterocycles. The maximum absolute atomic E-state index is 9.30. The van der Waals surface area contributed by atoms with Crippen molar-refractivity contribution in [3.8, 4) is 23.7 Å². The standard InChI is InChI=1S/C13H16O/c1-13(2,14)11-7-6-10-12-8-4-3-5-9-12/h8,14H,3-5,9H2,1-2H3. The van der Waals surface area contributed by atoms with Crippen molar-refractivity contribution < 1.29 is 5.11 Å². The Morgan fingerprint density at radius 1 is 1.29 bits per heavy atom. The van der Waals surface area contributed by atoms with Crippen molar-refractivity contribution in [2.45, 2.75) is 45.1 Å². The topological polar surface area (TPSA) is 20.2 Å². The van der Waals surface area contributed by atoms with E-state index in [4.69, 9.17) is 0 Å². The summed E-state index contributed by atoms with van der Waals surface area (Å²) in [6, 6.07) is 0. The fourth-order valence-corrected chi connectivity index (χ4v) is 1.25. The maximum Gasteiger partial charge on any atom is 0.120 e. The normalized spacial score (nSPS) is 15.8. The molecule has 1 N–H and O–H groups in total. The van der Waals surface area contributed by atoms with Crippen LogP contribution in [0.25, 0.3) is 0 Å². The molecule has 0 heterocycles. The van der Waals surface area contributed by atoms with Crippen molar-refractivity contribution in [1.82, 2.24) is 0 Å². The molecule has 0 atom stereocenters. The van der Waals surface area contributed by atoms with Crippen LogP contribution in [0.5, 0.6) is 0 Å². The number of aliphatic hydroxyl groups is 1. The van der Waals surface area contributed by atoms with Gasteiger partial charge in [0.15, 0.2) is 0 Å². The molecule has 0 saturated carbocycles. The zero-order chi connectivity index (χ0) is 10.4. The highest BCUT2D eigenvalue weighted by atomic mass is 16.3. The first-order valence-electron chi connectivity index (χ1n) is 5.02. The van der Waals surface area contributed by atoms with Crippen LogP contribution in [0.3, 0.4) is 0 Å². The van der Waals surface area contributed by atoms with Crippen LogP contribution < -0.4 is 0 Å². The van der Waals surface area contributed by atoms with Crippen LogP contribution in [0.2, 0.25) is 0 Å². The monoisotopic (exact) mass is 188 g/mol. The Balaban J connectivity index is 2.54. The molecule has 1 nitrogen and oxygen atoms in total. The second kappa shape index (κ2) is 4.89. The predicted octanol–water partition coefficient (Wildman–Crippen LogP) is 2.26. The third-order valence-corrected chi connectivity index (χ3v) is 1.94. The van der Waals surface area contributed by atoms with Gasteiger partial charge in [-0.3, -0.25) is 0 Å². The Labute approximate surface area is 86.2 Å². The van der Waals surface area contributed by atoms with Crippen LogP contribution in [0.1, 0.15) is 39.5 Å². The van der Waals surface area contributed by atoms with Gasteiger partial charge < -0.3 is 5.11 Å². The van der Waals surface area contributed by atoms with E-state index in [1.165, 1.54) is 18.4 Å². The molecule has 1 aliphatic carbocycles. The Morgan fingerprint density at radius 3 is 2.64 bits per heavy atom. The molecule has 0 aliphatic heterocycles. The van der Waals surface area contributed by atoms with Gasteiger partial charge in [0.2, 0.25) is 0 Å². The first kappa shape index (κ1) is 10.9. The average Bonchev–Trinajstić information content (AvgIpc) is 2.13. The van der Waals surface area contributed by atoms with Crippen LogP contribution in [0, 0.1) is 23.7 Å². The Morgan fingerprint density at radius 2 is 2.07 bits per heavy atom. The quantitative estimate of drug-likeness (QED) is 0.578. The highest BCUT2D eigenvalue weighted by Crippen LogP contribution is 2.15. The first-order chi connectivity index (χ1) is 6.58. The lowest BCUT2D eigenvalue weighted by Gasteiger charge is -2.05. The zero-order valence-corrected chi connectivity index (χ0v) is 8.85. The summed E-state index contributed by atoms with van der Waals surface area (Å²) >= 11 is 0. The molecule has 74 valence electrons.